The van der Waals surface area contributed by atoms with Crippen LogP contribution >= 0.6 is 0 Å². The van der Waals surface area contributed by atoms with E-state index in [-0.39, 0.29) is 17.0 Å². The van der Waals surface area contributed by atoms with Crippen molar-refractivity contribution in [3.8, 4) is 0 Å². The minimum absolute atomic E-state index is 0.141. The highest BCUT2D eigenvalue weighted by molar-refractivity contribution is 7.89. The molecule has 0 radical (unpaired) electrons. The number of ether oxygens (including phenoxy) is 1. The first-order valence-electron chi connectivity index (χ1n) is 9.88. The first-order chi connectivity index (χ1) is 13.6. The molecule has 150 valence electrons. The van der Waals surface area contributed by atoms with Gasteiger partial charge in [-0.15, -0.1) is 4.83 Å². The first kappa shape index (κ1) is 19.5. The van der Waals surface area contributed by atoms with Crippen LogP contribution in [0.3, 0.4) is 0 Å². The maximum atomic E-state index is 13.3. The molecule has 4 rings (SSSR count). The van der Waals surface area contributed by atoms with Crippen LogP contribution in [0.25, 0.3) is 0 Å². The van der Waals surface area contributed by atoms with E-state index >= 15 is 0 Å². The molecular formula is C21H27N3O3S. The lowest BCUT2D eigenvalue weighted by molar-refractivity contribution is 0.0679. The average molecular weight is 402 g/mol. The summed E-state index contributed by atoms with van der Waals surface area (Å²) in [7, 11) is -3.72. The van der Waals surface area contributed by atoms with Gasteiger partial charge >= 0.3 is 0 Å². The molecule has 2 heterocycles. The van der Waals surface area contributed by atoms with Crippen LogP contribution in [-0.2, 0) is 21.2 Å². The minimum atomic E-state index is -3.72. The van der Waals surface area contributed by atoms with E-state index in [1.807, 2.05) is 35.3 Å². The largest absolute Gasteiger partial charge is 0.368 e. The van der Waals surface area contributed by atoms with Crippen molar-refractivity contribution < 1.29 is 13.2 Å². The number of piperazine rings is 1. The normalized spacial score (nSPS) is 23.3. The van der Waals surface area contributed by atoms with Crippen molar-refractivity contribution in [3.63, 3.8) is 0 Å². The highest BCUT2D eigenvalue weighted by atomic mass is 32.2. The summed E-state index contributed by atoms with van der Waals surface area (Å²) in [5.41, 5.74) is 2.95. The molecule has 0 bridgehead atoms. The van der Waals surface area contributed by atoms with E-state index in [2.05, 4.69) is 23.1 Å². The number of sulfonamides is 1. The Morgan fingerprint density at radius 1 is 1.14 bits per heavy atom. The zero-order valence-corrected chi connectivity index (χ0v) is 16.9. The van der Waals surface area contributed by atoms with Gasteiger partial charge in [0.2, 0.25) is 0 Å². The monoisotopic (exact) mass is 401 g/mol. The summed E-state index contributed by atoms with van der Waals surface area (Å²) >= 11 is 0. The Morgan fingerprint density at radius 2 is 1.89 bits per heavy atom. The van der Waals surface area contributed by atoms with Crippen LogP contribution in [0.2, 0.25) is 0 Å². The third-order valence-corrected chi connectivity index (χ3v) is 6.97. The molecule has 2 unspecified atom stereocenters. The quantitative estimate of drug-likeness (QED) is 0.804. The second kappa shape index (κ2) is 8.31. The van der Waals surface area contributed by atoms with Crippen molar-refractivity contribution >= 4 is 10.0 Å². The number of nitrogens with one attached hydrogen (secondary N) is 2. The molecule has 0 aliphatic carbocycles. The second-order valence-electron chi connectivity index (χ2n) is 7.29. The molecule has 2 aliphatic rings. The first-order valence-corrected chi connectivity index (χ1v) is 11.4. The Hall–Kier alpha value is -1.77. The molecule has 2 aliphatic heterocycles. The number of rotatable bonds is 5. The number of fused-ring (bicyclic) bond motifs is 1. The van der Waals surface area contributed by atoms with Gasteiger partial charge in [0.1, 0.15) is 6.10 Å². The lowest BCUT2D eigenvalue weighted by atomic mass is 9.93. The van der Waals surface area contributed by atoms with Gasteiger partial charge in [0.05, 0.1) is 11.5 Å². The molecule has 1 saturated heterocycles. The van der Waals surface area contributed by atoms with E-state index in [1.54, 1.807) is 12.1 Å². The maximum absolute atomic E-state index is 13.3. The topological polar surface area (TPSA) is 70.7 Å². The van der Waals surface area contributed by atoms with Crippen LogP contribution in [0.4, 0.5) is 0 Å². The summed E-state index contributed by atoms with van der Waals surface area (Å²) in [6.07, 6.45) is 1.34. The van der Waals surface area contributed by atoms with Crippen LogP contribution in [0.1, 0.15) is 36.1 Å². The van der Waals surface area contributed by atoms with Crippen molar-refractivity contribution in [1.82, 2.24) is 15.2 Å². The van der Waals surface area contributed by atoms with Gasteiger partial charge in [0.25, 0.3) is 10.0 Å². The third-order valence-electron chi connectivity index (χ3n) is 5.54. The standard InChI is InChI=1S/C21H27N3O3S/c1-2-17-15-22-12-13-24(17)23-28(25,26)20-10-6-5-9-19(20)21-18-8-4-3-7-16(18)11-14-27-21/h3-10,17,21-23H,2,11-15H2,1H3. The zero-order valence-electron chi connectivity index (χ0n) is 16.1. The molecule has 0 spiro atoms. The highest BCUT2D eigenvalue weighted by Gasteiger charge is 2.31. The van der Waals surface area contributed by atoms with Gasteiger partial charge < -0.3 is 10.1 Å². The van der Waals surface area contributed by atoms with Gasteiger partial charge in [-0.3, -0.25) is 0 Å². The third kappa shape index (κ3) is 3.86. The smallest absolute Gasteiger partial charge is 0.253 e. The number of benzene rings is 2. The van der Waals surface area contributed by atoms with E-state index in [1.165, 1.54) is 5.56 Å². The summed E-state index contributed by atoms with van der Waals surface area (Å²) in [5.74, 6) is 0. The number of nitrogens with zero attached hydrogens (tertiary/aromatic N) is 1. The summed E-state index contributed by atoms with van der Waals surface area (Å²) in [6.45, 7) is 4.83. The maximum Gasteiger partial charge on any atom is 0.253 e. The molecule has 2 N–H and O–H groups in total. The Balaban J connectivity index is 1.68. The van der Waals surface area contributed by atoms with Crippen molar-refractivity contribution in [2.45, 2.75) is 36.8 Å². The number of hydrazine groups is 1. The molecule has 1 fully saturated rings. The Labute approximate surface area is 166 Å². The second-order valence-corrected chi connectivity index (χ2v) is 8.92. The van der Waals surface area contributed by atoms with Crippen molar-refractivity contribution in [2.24, 2.45) is 0 Å². The average Bonchev–Trinajstić information content (AvgIpc) is 2.73. The van der Waals surface area contributed by atoms with Gasteiger partial charge in [-0.2, -0.15) is 0 Å². The highest BCUT2D eigenvalue weighted by Crippen LogP contribution is 2.35. The van der Waals surface area contributed by atoms with Crippen LogP contribution in [0.15, 0.2) is 53.4 Å². The Kier molecular flexibility index (Phi) is 5.80. The summed E-state index contributed by atoms with van der Waals surface area (Å²) in [4.78, 5) is 3.11. The number of hydrogen-bond donors (Lipinski definition) is 2. The molecule has 28 heavy (non-hydrogen) atoms. The zero-order chi connectivity index (χ0) is 19.6. The van der Waals surface area contributed by atoms with Gasteiger partial charge in [-0.25, -0.2) is 13.4 Å². The molecule has 0 amide bonds. The molecule has 2 aromatic rings. The van der Waals surface area contributed by atoms with E-state index in [0.29, 0.717) is 18.7 Å². The predicted octanol–water partition coefficient (Wildman–Crippen LogP) is 2.23. The lowest BCUT2D eigenvalue weighted by Gasteiger charge is -2.35. The van der Waals surface area contributed by atoms with Gasteiger partial charge in [0, 0.05) is 31.2 Å². The fourth-order valence-electron chi connectivity index (χ4n) is 4.04. The molecule has 7 heteroatoms. The Morgan fingerprint density at radius 3 is 2.71 bits per heavy atom. The van der Waals surface area contributed by atoms with Crippen LogP contribution in [0.5, 0.6) is 0 Å². The van der Waals surface area contributed by atoms with Crippen molar-refractivity contribution in [3.05, 3.63) is 65.2 Å². The van der Waals surface area contributed by atoms with E-state index in [9.17, 15) is 8.42 Å². The fourth-order valence-corrected chi connectivity index (χ4v) is 5.43. The van der Waals surface area contributed by atoms with E-state index in [0.717, 1.165) is 31.5 Å². The molecule has 6 nitrogen and oxygen atoms in total. The van der Waals surface area contributed by atoms with Crippen LogP contribution < -0.4 is 10.1 Å². The summed E-state index contributed by atoms with van der Waals surface area (Å²) in [6, 6.07) is 15.4. The van der Waals surface area contributed by atoms with E-state index < -0.39 is 10.0 Å². The van der Waals surface area contributed by atoms with Crippen LogP contribution in [-0.4, -0.2) is 45.7 Å². The fraction of sp³-hybridized carbons (Fsp3) is 0.429. The Bertz CT molecular complexity index is 932. The molecule has 0 saturated carbocycles. The summed E-state index contributed by atoms with van der Waals surface area (Å²) < 4.78 is 32.7. The molecular weight excluding hydrogens is 374 g/mol. The van der Waals surface area contributed by atoms with Crippen LogP contribution in [0, 0.1) is 0 Å². The van der Waals surface area contributed by atoms with Crippen molar-refractivity contribution in [2.75, 3.05) is 26.2 Å². The predicted molar refractivity (Wildman–Crippen MR) is 108 cm³/mol. The van der Waals surface area contributed by atoms with Gasteiger partial charge in [-0.1, -0.05) is 49.4 Å². The lowest BCUT2D eigenvalue weighted by Crippen LogP contribution is -2.57. The summed E-state index contributed by atoms with van der Waals surface area (Å²) in [5, 5.41) is 5.16. The van der Waals surface area contributed by atoms with E-state index in [4.69, 9.17) is 4.74 Å². The SMILES string of the molecule is CCC1CNCCN1NS(=O)(=O)c1ccccc1C1OCCc2ccccc21. The molecule has 2 atom stereocenters. The molecule has 2 aromatic carbocycles. The van der Waals surface area contributed by atoms with Crippen molar-refractivity contribution in [1.29, 1.82) is 0 Å². The molecule has 0 aromatic heterocycles. The number of hydrogen-bond acceptors (Lipinski definition) is 5. The van der Waals surface area contributed by atoms with Gasteiger partial charge in [-0.05, 0) is 30.0 Å². The van der Waals surface area contributed by atoms with Gasteiger partial charge in [0.15, 0.2) is 0 Å². The minimum Gasteiger partial charge on any atom is -0.368 e.